The van der Waals surface area contributed by atoms with Crippen LogP contribution in [0.3, 0.4) is 0 Å². The van der Waals surface area contributed by atoms with E-state index in [1.165, 1.54) is 5.01 Å². The molecule has 148 valence electrons. The van der Waals surface area contributed by atoms with Crippen LogP contribution in [0.25, 0.3) is 10.9 Å². The Morgan fingerprint density at radius 1 is 1.07 bits per heavy atom. The molecule has 0 radical (unpaired) electrons. The highest BCUT2D eigenvalue weighted by Crippen LogP contribution is 2.24. The van der Waals surface area contributed by atoms with Crippen molar-refractivity contribution in [1.82, 2.24) is 14.9 Å². The minimum atomic E-state index is -0.382. The molecular formula is C23H24N4O2. The third-order valence-electron chi connectivity index (χ3n) is 4.73. The number of amides is 2. The van der Waals surface area contributed by atoms with Crippen molar-refractivity contribution in [1.29, 1.82) is 0 Å². The summed E-state index contributed by atoms with van der Waals surface area (Å²) in [6.07, 6.45) is 0. The summed E-state index contributed by atoms with van der Waals surface area (Å²) in [5.41, 5.74) is 2.78. The van der Waals surface area contributed by atoms with Gasteiger partial charge in [-0.1, -0.05) is 48.5 Å². The molecule has 1 aliphatic heterocycles. The molecular weight excluding hydrogens is 364 g/mol. The number of benzene rings is 2. The lowest BCUT2D eigenvalue weighted by molar-refractivity contribution is -0.123. The molecule has 1 N–H and O–H groups in total. The third-order valence-corrected chi connectivity index (χ3v) is 4.73. The second-order valence-electron chi connectivity index (χ2n) is 8.25. The summed E-state index contributed by atoms with van der Waals surface area (Å²) in [7, 11) is 0. The van der Waals surface area contributed by atoms with Gasteiger partial charge in [0.1, 0.15) is 12.2 Å². The SMILES string of the molecule is CC(C)(C)NC(=O)CN1N=C(c2ccccc2)Cn2c(cc3ccccc32)C1=O. The van der Waals surface area contributed by atoms with Gasteiger partial charge in [-0.2, -0.15) is 5.10 Å². The minimum Gasteiger partial charge on any atom is -0.350 e. The fourth-order valence-corrected chi connectivity index (χ4v) is 3.54. The van der Waals surface area contributed by atoms with E-state index in [-0.39, 0.29) is 23.9 Å². The summed E-state index contributed by atoms with van der Waals surface area (Å²) < 4.78 is 1.98. The van der Waals surface area contributed by atoms with Crippen LogP contribution in [0.4, 0.5) is 0 Å². The van der Waals surface area contributed by atoms with Gasteiger partial charge in [0.2, 0.25) is 5.91 Å². The molecule has 6 heteroatoms. The van der Waals surface area contributed by atoms with E-state index in [1.807, 2.05) is 86.0 Å². The maximum atomic E-state index is 13.3. The fraction of sp³-hybridized carbons (Fsp3) is 0.261. The molecule has 0 aliphatic carbocycles. The Labute approximate surface area is 169 Å². The normalized spacial score (nSPS) is 14.4. The van der Waals surface area contributed by atoms with E-state index in [2.05, 4.69) is 10.4 Å². The first-order valence-corrected chi connectivity index (χ1v) is 9.66. The smallest absolute Gasteiger partial charge is 0.291 e. The molecule has 2 aromatic carbocycles. The van der Waals surface area contributed by atoms with Crippen molar-refractivity contribution in [3.8, 4) is 0 Å². The molecule has 3 aromatic rings. The van der Waals surface area contributed by atoms with Gasteiger partial charge in [-0.15, -0.1) is 0 Å². The number of para-hydroxylation sites is 1. The van der Waals surface area contributed by atoms with Crippen LogP contribution >= 0.6 is 0 Å². The highest BCUT2D eigenvalue weighted by Gasteiger charge is 2.28. The predicted molar refractivity (Wildman–Crippen MR) is 114 cm³/mol. The van der Waals surface area contributed by atoms with E-state index >= 15 is 0 Å². The summed E-state index contributed by atoms with van der Waals surface area (Å²) in [6, 6.07) is 19.5. The zero-order valence-corrected chi connectivity index (χ0v) is 16.8. The maximum Gasteiger partial charge on any atom is 0.291 e. The minimum absolute atomic E-state index is 0.131. The zero-order chi connectivity index (χ0) is 20.6. The number of carbonyl (C=O) groups is 2. The lowest BCUT2D eigenvalue weighted by Gasteiger charge is -2.23. The van der Waals surface area contributed by atoms with Crippen molar-refractivity contribution >= 4 is 28.4 Å². The predicted octanol–water partition coefficient (Wildman–Crippen LogP) is 3.42. The Kier molecular flexibility index (Phi) is 4.70. The number of hydrazone groups is 1. The van der Waals surface area contributed by atoms with Crippen LogP contribution in [0.15, 0.2) is 65.8 Å². The van der Waals surface area contributed by atoms with E-state index < -0.39 is 0 Å². The number of hydrogen-bond acceptors (Lipinski definition) is 3. The first-order chi connectivity index (χ1) is 13.8. The van der Waals surface area contributed by atoms with Crippen LogP contribution in [-0.4, -0.2) is 39.2 Å². The lowest BCUT2D eigenvalue weighted by atomic mass is 10.1. The van der Waals surface area contributed by atoms with Crippen molar-refractivity contribution in [2.75, 3.05) is 6.54 Å². The number of carbonyl (C=O) groups excluding carboxylic acids is 2. The number of rotatable bonds is 3. The Morgan fingerprint density at radius 3 is 2.48 bits per heavy atom. The molecule has 1 aliphatic rings. The van der Waals surface area contributed by atoms with Gasteiger partial charge in [-0.3, -0.25) is 9.59 Å². The standard InChI is InChI=1S/C23H24N4O2/c1-23(2,3)24-21(28)15-27-22(29)20-13-17-11-7-8-12-19(17)26(20)14-18(25-27)16-9-5-4-6-10-16/h4-13H,14-15H2,1-3H3,(H,24,28). The second kappa shape index (κ2) is 7.20. The molecule has 0 saturated carbocycles. The fourth-order valence-electron chi connectivity index (χ4n) is 3.54. The van der Waals surface area contributed by atoms with Crippen molar-refractivity contribution < 1.29 is 9.59 Å². The molecule has 0 spiro atoms. The Morgan fingerprint density at radius 2 is 1.76 bits per heavy atom. The summed E-state index contributed by atoms with van der Waals surface area (Å²) >= 11 is 0. The van der Waals surface area contributed by atoms with Crippen LogP contribution in [0.5, 0.6) is 0 Å². The van der Waals surface area contributed by atoms with Crippen molar-refractivity contribution in [2.45, 2.75) is 32.9 Å². The molecule has 29 heavy (non-hydrogen) atoms. The van der Waals surface area contributed by atoms with E-state index in [9.17, 15) is 9.59 Å². The first kappa shape index (κ1) is 18.9. The Balaban J connectivity index is 1.79. The van der Waals surface area contributed by atoms with Gasteiger partial charge in [-0.25, -0.2) is 5.01 Å². The van der Waals surface area contributed by atoms with Crippen LogP contribution in [-0.2, 0) is 11.3 Å². The van der Waals surface area contributed by atoms with Crippen molar-refractivity contribution in [3.63, 3.8) is 0 Å². The highest BCUT2D eigenvalue weighted by molar-refractivity contribution is 6.07. The molecule has 0 fully saturated rings. The molecule has 0 saturated heterocycles. The van der Waals surface area contributed by atoms with Gasteiger partial charge in [-0.05, 0) is 38.5 Å². The summed E-state index contributed by atoms with van der Waals surface area (Å²) in [5.74, 6) is -0.525. The number of hydrogen-bond donors (Lipinski definition) is 1. The van der Waals surface area contributed by atoms with Gasteiger partial charge >= 0.3 is 0 Å². The Hall–Kier alpha value is -3.41. The third kappa shape index (κ3) is 3.92. The molecule has 0 bridgehead atoms. The number of aromatic nitrogens is 1. The molecule has 1 aromatic heterocycles. The van der Waals surface area contributed by atoms with E-state index in [0.717, 1.165) is 22.2 Å². The number of nitrogens with one attached hydrogen (secondary N) is 1. The topological polar surface area (TPSA) is 66.7 Å². The second-order valence-corrected chi connectivity index (χ2v) is 8.25. The molecule has 4 rings (SSSR count). The van der Waals surface area contributed by atoms with Crippen LogP contribution in [0.2, 0.25) is 0 Å². The van der Waals surface area contributed by atoms with Crippen LogP contribution < -0.4 is 5.32 Å². The molecule has 6 nitrogen and oxygen atoms in total. The molecule has 2 amide bonds. The van der Waals surface area contributed by atoms with Gasteiger partial charge in [0.25, 0.3) is 5.91 Å². The van der Waals surface area contributed by atoms with Crippen LogP contribution in [0.1, 0.15) is 36.8 Å². The summed E-state index contributed by atoms with van der Waals surface area (Å²) in [6.45, 7) is 6.05. The molecule has 0 atom stereocenters. The molecule has 2 heterocycles. The lowest BCUT2D eigenvalue weighted by Crippen LogP contribution is -2.46. The van der Waals surface area contributed by atoms with Crippen molar-refractivity contribution in [3.05, 3.63) is 71.9 Å². The Bertz CT molecular complexity index is 1110. The summed E-state index contributed by atoms with van der Waals surface area (Å²) in [5, 5.41) is 9.78. The largest absolute Gasteiger partial charge is 0.350 e. The first-order valence-electron chi connectivity index (χ1n) is 9.66. The quantitative estimate of drug-likeness (QED) is 0.747. The zero-order valence-electron chi connectivity index (χ0n) is 16.8. The van der Waals surface area contributed by atoms with E-state index in [0.29, 0.717) is 12.2 Å². The van der Waals surface area contributed by atoms with E-state index in [1.54, 1.807) is 0 Å². The average molecular weight is 388 g/mol. The van der Waals surface area contributed by atoms with E-state index in [4.69, 9.17) is 0 Å². The van der Waals surface area contributed by atoms with Gasteiger partial charge in [0, 0.05) is 16.4 Å². The molecule has 0 unspecified atom stereocenters. The monoisotopic (exact) mass is 388 g/mol. The highest BCUT2D eigenvalue weighted by atomic mass is 16.2. The number of nitrogens with zero attached hydrogens (tertiary/aromatic N) is 3. The average Bonchev–Trinajstić information content (AvgIpc) is 2.98. The van der Waals surface area contributed by atoms with Gasteiger partial charge < -0.3 is 9.88 Å². The number of fused-ring (bicyclic) bond motifs is 3. The summed E-state index contributed by atoms with van der Waals surface area (Å²) in [4.78, 5) is 25.8. The van der Waals surface area contributed by atoms with Gasteiger partial charge in [0.15, 0.2) is 0 Å². The van der Waals surface area contributed by atoms with Crippen molar-refractivity contribution in [2.24, 2.45) is 5.10 Å². The maximum absolute atomic E-state index is 13.3. The van der Waals surface area contributed by atoms with Gasteiger partial charge in [0.05, 0.1) is 12.3 Å². The van der Waals surface area contributed by atoms with Crippen LogP contribution in [0, 0.1) is 0 Å².